The molecule has 0 aliphatic heterocycles. The number of benzene rings is 4. The SMILES string of the molecule is C=C1/C=C\C=CCc2cc3c(cc21)C(c1ccccc1)(c1ccccc1)c1ccccc1-3. The van der Waals surface area contributed by atoms with E-state index in [2.05, 4.69) is 128 Å². The molecule has 0 saturated carbocycles. The number of rotatable bonds is 2. The van der Waals surface area contributed by atoms with E-state index in [0.717, 1.165) is 12.0 Å². The molecule has 0 radical (unpaired) electrons. The Bertz CT molecular complexity index is 1350. The molecule has 0 saturated heterocycles. The summed E-state index contributed by atoms with van der Waals surface area (Å²) in [6.07, 6.45) is 9.48. The largest absolute Gasteiger partial charge is 0.0911 e. The second kappa shape index (κ2) is 7.35. The van der Waals surface area contributed by atoms with Gasteiger partial charge in [-0.25, -0.2) is 0 Å². The number of fused-ring (bicyclic) bond motifs is 4. The van der Waals surface area contributed by atoms with E-state index in [0.29, 0.717) is 0 Å². The maximum absolute atomic E-state index is 4.40. The minimum Gasteiger partial charge on any atom is -0.0911 e. The van der Waals surface area contributed by atoms with Gasteiger partial charge in [-0.2, -0.15) is 0 Å². The smallest absolute Gasteiger partial charge is 0.0713 e. The van der Waals surface area contributed by atoms with Crippen molar-refractivity contribution < 1.29 is 0 Å². The fraction of sp³-hybridized carbons (Fsp3) is 0.0625. The second-order valence-corrected chi connectivity index (χ2v) is 8.60. The molecule has 0 heteroatoms. The number of hydrogen-bond acceptors (Lipinski definition) is 0. The molecule has 0 N–H and O–H groups in total. The topological polar surface area (TPSA) is 0 Å². The molecule has 0 unspecified atom stereocenters. The summed E-state index contributed by atoms with van der Waals surface area (Å²) in [5, 5.41) is 0. The van der Waals surface area contributed by atoms with Crippen molar-refractivity contribution in [1.82, 2.24) is 0 Å². The van der Waals surface area contributed by atoms with Crippen molar-refractivity contribution in [2.45, 2.75) is 11.8 Å². The molecular formula is C32H24. The van der Waals surface area contributed by atoms with Crippen LogP contribution in [0.4, 0.5) is 0 Å². The Morgan fingerprint density at radius 1 is 0.594 bits per heavy atom. The highest BCUT2D eigenvalue weighted by Gasteiger charge is 2.46. The molecule has 0 atom stereocenters. The minimum atomic E-state index is -0.355. The van der Waals surface area contributed by atoms with Crippen LogP contribution in [-0.4, -0.2) is 0 Å². The van der Waals surface area contributed by atoms with Gasteiger partial charge < -0.3 is 0 Å². The minimum absolute atomic E-state index is 0.355. The van der Waals surface area contributed by atoms with Gasteiger partial charge in [-0.1, -0.05) is 116 Å². The lowest BCUT2D eigenvalue weighted by molar-refractivity contribution is 0.767. The quantitative estimate of drug-likeness (QED) is 0.280. The normalized spacial score (nSPS) is 16.4. The lowest BCUT2D eigenvalue weighted by Crippen LogP contribution is -2.28. The summed E-state index contributed by atoms with van der Waals surface area (Å²) >= 11 is 0. The Morgan fingerprint density at radius 3 is 1.97 bits per heavy atom. The Balaban J connectivity index is 1.77. The Labute approximate surface area is 189 Å². The summed E-state index contributed by atoms with van der Waals surface area (Å²) in [4.78, 5) is 0. The molecule has 32 heavy (non-hydrogen) atoms. The first-order chi connectivity index (χ1) is 15.8. The molecular weight excluding hydrogens is 384 g/mol. The lowest BCUT2D eigenvalue weighted by Gasteiger charge is -2.34. The van der Waals surface area contributed by atoms with E-state index in [4.69, 9.17) is 0 Å². The first kappa shape index (κ1) is 18.8. The standard InChI is InChI=1S/C32H24/c1-23-13-5-2-6-14-24-21-29-27-19-11-12-20-30(27)32(31(29)22-28(23)24,25-15-7-3-8-16-25)26-17-9-4-10-18-26/h2-13,15-22H,1,14H2/b6-2?,13-5-. The van der Waals surface area contributed by atoms with E-state index < -0.39 is 0 Å². The molecule has 4 aromatic rings. The summed E-state index contributed by atoms with van der Waals surface area (Å²) in [6.45, 7) is 4.40. The molecule has 0 aromatic heterocycles. The molecule has 2 aliphatic carbocycles. The first-order valence-corrected chi connectivity index (χ1v) is 11.2. The fourth-order valence-corrected chi connectivity index (χ4v) is 5.54. The molecule has 0 heterocycles. The van der Waals surface area contributed by atoms with Crippen LogP contribution in [-0.2, 0) is 11.8 Å². The summed E-state index contributed by atoms with van der Waals surface area (Å²) in [6, 6.07) is 35.6. The van der Waals surface area contributed by atoms with Crippen LogP contribution in [0.3, 0.4) is 0 Å². The van der Waals surface area contributed by atoms with Gasteiger partial charge in [-0.05, 0) is 68.6 Å². The highest BCUT2D eigenvalue weighted by Crippen LogP contribution is 2.56. The highest BCUT2D eigenvalue weighted by atomic mass is 14.5. The van der Waals surface area contributed by atoms with Crippen LogP contribution >= 0.6 is 0 Å². The van der Waals surface area contributed by atoms with Gasteiger partial charge in [0.05, 0.1) is 5.41 Å². The van der Waals surface area contributed by atoms with Crippen LogP contribution in [0.15, 0.2) is 128 Å². The maximum Gasteiger partial charge on any atom is 0.0713 e. The van der Waals surface area contributed by atoms with Crippen molar-refractivity contribution in [3.63, 3.8) is 0 Å². The van der Waals surface area contributed by atoms with E-state index in [1.165, 1.54) is 44.5 Å². The zero-order chi connectivity index (χ0) is 21.5. The summed E-state index contributed by atoms with van der Waals surface area (Å²) < 4.78 is 0. The monoisotopic (exact) mass is 408 g/mol. The van der Waals surface area contributed by atoms with Gasteiger partial charge in [-0.15, -0.1) is 0 Å². The van der Waals surface area contributed by atoms with E-state index in [1.807, 2.05) is 0 Å². The summed E-state index contributed by atoms with van der Waals surface area (Å²) in [5.41, 5.74) is 11.2. The third kappa shape index (κ3) is 2.63. The second-order valence-electron chi connectivity index (χ2n) is 8.60. The van der Waals surface area contributed by atoms with Crippen molar-refractivity contribution in [3.8, 4) is 11.1 Å². The highest BCUT2D eigenvalue weighted by molar-refractivity contribution is 5.89. The summed E-state index contributed by atoms with van der Waals surface area (Å²) in [7, 11) is 0. The van der Waals surface area contributed by atoms with Crippen LogP contribution in [0.1, 0.15) is 33.4 Å². The molecule has 0 spiro atoms. The van der Waals surface area contributed by atoms with Crippen LogP contribution in [0.5, 0.6) is 0 Å². The van der Waals surface area contributed by atoms with E-state index in [9.17, 15) is 0 Å². The van der Waals surface area contributed by atoms with Crippen molar-refractivity contribution in [2.24, 2.45) is 0 Å². The van der Waals surface area contributed by atoms with Gasteiger partial charge in [0.1, 0.15) is 0 Å². The van der Waals surface area contributed by atoms with Crippen LogP contribution in [0, 0.1) is 0 Å². The van der Waals surface area contributed by atoms with Gasteiger partial charge in [0.2, 0.25) is 0 Å². The molecule has 4 aromatic carbocycles. The molecule has 152 valence electrons. The zero-order valence-electron chi connectivity index (χ0n) is 18.0. The van der Waals surface area contributed by atoms with E-state index in [-0.39, 0.29) is 5.41 Å². The van der Waals surface area contributed by atoms with Gasteiger partial charge in [0.25, 0.3) is 0 Å². The zero-order valence-corrected chi connectivity index (χ0v) is 18.0. The summed E-state index contributed by atoms with van der Waals surface area (Å²) in [5.74, 6) is 0. The maximum atomic E-state index is 4.40. The molecule has 0 fully saturated rings. The average Bonchev–Trinajstić information content (AvgIpc) is 3.13. The van der Waals surface area contributed by atoms with Crippen molar-refractivity contribution in [1.29, 1.82) is 0 Å². The Hall–Kier alpha value is -3.90. The third-order valence-corrected chi connectivity index (χ3v) is 6.91. The molecule has 6 rings (SSSR count). The van der Waals surface area contributed by atoms with Crippen LogP contribution in [0.2, 0.25) is 0 Å². The lowest BCUT2D eigenvalue weighted by atomic mass is 9.67. The molecule has 0 amide bonds. The van der Waals surface area contributed by atoms with E-state index >= 15 is 0 Å². The van der Waals surface area contributed by atoms with Crippen LogP contribution in [0.25, 0.3) is 16.7 Å². The Morgan fingerprint density at radius 2 is 1.25 bits per heavy atom. The molecule has 0 nitrogen and oxygen atoms in total. The fourth-order valence-electron chi connectivity index (χ4n) is 5.54. The average molecular weight is 409 g/mol. The number of hydrogen-bond donors (Lipinski definition) is 0. The Kier molecular flexibility index (Phi) is 4.33. The molecule has 0 bridgehead atoms. The van der Waals surface area contributed by atoms with Crippen molar-refractivity contribution in [3.05, 3.63) is 161 Å². The van der Waals surface area contributed by atoms with E-state index in [1.54, 1.807) is 0 Å². The first-order valence-electron chi connectivity index (χ1n) is 11.2. The molecule has 2 aliphatic rings. The van der Waals surface area contributed by atoms with Crippen molar-refractivity contribution in [2.75, 3.05) is 0 Å². The predicted octanol–water partition coefficient (Wildman–Crippen LogP) is 7.73. The van der Waals surface area contributed by atoms with Crippen molar-refractivity contribution >= 4 is 5.57 Å². The van der Waals surface area contributed by atoms with Gasteiger partial charge in [-0.3, -0.25) is 0 Å². The third-order valence-electron chi connectivity index (χ3n) is 6.91. The predicted molar refractivity (Wildman–Crippen MR) is 135 cm³/mol. The van der Waals surface area contributed by atoms with Gasteiger partial charge in [0.15, 0.2) is 0 Å². The van der Waals surface area contributed by atoms with Crippen LogP contribution < -0.4 is 0 Å². The number of allylic oxidation sites excluding steroid dienone is 5. The van der Waals surface area contributed by atoms with Gasteiger partial charge >= 0.3 is 0 Å². The van der Waals surface area contributed by atoms with Gasteiger partial charge in [0, 0.05) is 0 Å².